The van der Waals surface area contributed by atoms with E-state index in [0.717, 1.165) is 34.1 Å². The molecule has 6 heteroatoms. The Labute approximate surface area is 149 Å². The number of carbonyl (C=O) groups excluding carboxylic acids is 1. The first-order chi connectivity index (χ1) is 12.1. The molecule has 3 aromatic rings. The lowest BCUT2D eigenvalue weighted by molar-refractivity contribution is -0.118. The Morgan fingerprint density at radius 2 is 1.84 bits per heavy atom. The van der Waals surface area contributed by atoms with Gasteiger partial charge in [0.05, 0.1) is 5.69 Å². The van der Waals surface area contributed by atoms with Gasteiger partial charge < -0.3 is 10.6 Å². The highest BCUT2D eigenvalue weighted by Gasteiger charge is 2.05. The summed E-state index contributed by atoms with van der Waals surface area (Å²) in [5.41, 5.74) is 3.89. The van der Waals surface area contributed by atoms with E-state index < -0.39 is 0 Å². The number of hydrogen-bond donors (Lipinski definition) is 2. The molecule has 0 aliphatic carbocycles. The standard InChI is InChI=1S/C19H18FN3OS/c1-13(24)21-11-10-14-2-4-15(5-3-14)18-12-25-19(23-18)22-17-8-6-16(20)7-9-17/h2-9,12H,10-11H2,1H3,(H,21,24)(H,22,23). The van der Waals surface area contributed by atoms with Crippen molar-refractivity contribution in [2.24, 2.45) is 0 Å². The van der Waals surface area contributed by atoms with Crippen molar-refractivity contribution in [2.45, 2.75) is 13.3 Å². The molecule has 0 aliphatic heterocycles. The highest BCUT2D eigenvalue weighted by atomic mass is 32.1. The van der Waals surface area contributed by atoms with Crippen molar-refractivity contribution >= 4 is 28.1 Å². The van der Waals surface area contributed by atoms with E-state index in [1.807, 2.05) is 29.6 Å². The largest absolute Gasteiger partial charge is 0.356 e. The number of thiazole rings is 1. The molecular formula is C19H18FN3OS. The zero-order chi connectivity index (χ0) is 17.6. The van der Waals surface area contributed by atoms with Crippen molar-refractivity contribution in [3.63, 3.8) is 0 Å². The molecule has 1 aromatic heterocycles. The third-order valence-electron chi connectivity index (χ3n) is 3.64. The maximum absolute atomic E-state index is 12.9. The number of amides is 1. The summed E-state index contributed by atoms with van der Waals surface area (Å²) < 4.78 is 12.9. The average molecular weight is 355 g/mol. The molecule has 0 atom stereocenters. The van der Waals surface area contributed by atoms with Crippen molar-refractivity contribution in [1.82, 2.24) is 10.3 Å². The van der Waals surface area contributed by atoms with Crippen molar-refractivity contribution < 1.29 is 9.18 Å². The lowest BCUT2D eigenvalue weighted by Gasteiger charge is -2.04. The quantitative estimate of drug-likeness (QED) is 0.690. The van der Waals surface area contributed by atoms with Gasteiger partial charge in [0.15, 0.2) is 5.13 Å². The number of benzene rings is 2. The minimum atomic E-state index is -0.260. The van der Waals surface area contributed by atoms with Crippen LogP contribution in [0.25, 0.3) is 11.3 Å². The highest BCUT2D eigenvalue weighted by Crippen LogP contribution is 2.27. The van der Waals surface area contributed by atoms with Crippen LogP contribution in [-0.2, 0) is 11.2 Å². The van der Waals surface area contributed by atoms with Gasteiger partial charge in [-0.3, -0.25) is 4.79 Å². The second-order valence-electron chi connectivity index (χ2n) is 5.60. The van der Waals surface area contributed by atoms with Crippen molar-refractivity contribution in [3.05, 3.63) is 65.3 Å². The van der Waals surface area contributed by atoms with Gasteiger partial charge in [0, 0.05) is 30.1 Å². The number of nitrogens with one attached hydrogen (secondary N) is 2. The van der Waals surface area contributed by atoms with E-state index in [1.54, 1.807) is 12.1 Å². The van der Waals surface area contributed by atoms with Gasteiger partial charge in [-0.05, 0) is 36.2 Å². The van der Waals surface area contributed by atoms with Crippen LogP contribution in [-0.4, -0.2) is 17.4 Å². The van der Waals surface area contributed by atoms with Gasteiger partial charge in [0.25, 0.3) is 0 Å². The van der Waals surface area contributed by atoms with E-state index in [-0.39, 0.29) is 11.7 Å². The van der Waals surface area contributed by atoms with Gasteiger partial charge in [-0.25, -0.2) is 9.37 Å². The third-order valence-corrected chi connectivity index (χ3v) is 4.39. The SMILES string of the molecule is CC(=O)NCCc1ccc(-c2csc(Nc3ccc(F)cc3)n2)cc1. The molecule has 0 saturated heterocycles. The van der Waals surface area contributed by atoms with Gasteiger partial charge in [-0.1, -0.05) is 24.3 Å². The van der Waals surface area contributed by atoms with Gasteiger partial charge in [0.1, 0.15) is 5.82 Å². The Hall–Kier alpha value is -2.73. The zero-order valence-electron chi connectivity index (χ0n) is 13.8. The van der Waals surface area contributed by atoms with Crippen LogP contribution in [0, 0.1) is 5.82 Å². The number of carbonyl (C=O) groups is 1. The van der Waals surface area contributed by atoms with E-state index in [4.69, 9.17) is 0 Å². The lowest BCUT2D eigenvalue weighted by atomic mass is 10.1. The van der Waals surface area contributed by atoms with Crippen molar-refractivity contribution in [1.29, 1.82) is 0 Å². The topological polar surface area (TPSA) is 54.0 Å². The number of halogens is 1. The second-order valence-corrected chi connectivity index (χ2v) is 6.46. The van der Waals surface area contributed by atoms with E-state index in [9.17, 15) is 9.18 Å². The normalized spacial score (nSPS) is 10.5. The molecule has 25 heavy (non-hydrogen) atoms. The molecule has 2 N–H and O–H groups in total. The Bertz CT molecular complexity index is 844. The summed E-state index contributed by atoms with van der Waals surface area (Å²) in [6.07, 6.45) is 0.800. The Balaban J connectivity index is 1.63. The van der Waals surface area contributed by atoms with Crippen LogP contribution in [0.1, 0.15) is 12.5 Å². The van der Waals surface area contributed by atoms with Gasteiger partial charge in [-0.2, -0.15) is 0 Å². The molecule has 1 heterocycles. The molecule has 2 aromatic carbocycles. The van der Waals surface area contributed by atoms with Crippen molar-refractivity contribution in [3.8, 4) is 11.3 Å². The molecule has 4 nitrogen and oxygen atoms in total. The molecular weight excluding hydrogens is 337 g/mol. The average Bonchev–Trinajstić information content (AvgIpc) is 3.06. The molecule has 128 valence electrons. The molecule has 0 bridgehead atoms. The maximum atomic E-state index is 12.9. The monoisotopic (exact) mass is 355 g/mol. The van der Waals surface area contributed by atoms with Gasteiger partial charge in [0.2, 0.25) is 5.91 Å². The summed E-state index contributed by atoms with van der Waals surface area (Å²) in [5.74, 6) is -0.274. The minimum Gasteiger partial charge on any atom is -0.356 e. The zero-order valence-corrected chi connectivity index (χ0v) is 14.6. The van der Waals surface area contributed by atoms with Gasteiger partial charge >= 0.3 is 0 Å². The fourth-order valence-electron chi connectivity index (χ4n) is 2.35. The van der Waals surface area contributed by atoms with Crippen LogP contribution < -0.4 is 10.6 Å². The number of nitrogens with zero attached hydrogens (tertiary/aromatic N) is 1. The Morgan fingerprint density at radius 3 is 2.52 bits per heavy atom. The highest BCUT2D eigenvalue weighted by molar-refractivity contribution is 7.14. The summed E-state index contributed by atoms with van der Waals surface area (Å²) in [6, 6.07) is 14.3. The predicted molar refractivity (Wildman–Crippen MR) is 99.6 cm³/mol. The molecule has 0 unspecified atom stereocenters. The van der Waals surface area contributed by atoms with E-state index in [1.165, 1.54) is 30.4 Å². The summed E-state index contributed by atoms with van der Waals surface area (Å²) in [7, 11) is 0. The van der Waals surface area contributed by atoms with Crippen LogP contribution >= 0.6 is 11.3 Å². The van der Waals surface area contributed by atoms with Crippen LogP contribution in [0.5, 0.6) is 0 Å². The first-order valence-electron chi connectivity index (χ1n) is 7.92. The fourth-order valence-corrected chi connectivity index (χ4v) is 3.09. The van der Waals surface area contributed by atoms with Crippen LogP contribution in [0.15, 0.2) is 53.9 Å². The number of rotatable bonds is 6. The molecule has 1 amide bonds. The minimum absolute atomic E-state index is 0.0136. The number of anilines is 2. The lowest BCUT2D eigenvalue weighted by Crippen LogP contribution is -2.22. The van der Waals surface area contributed by atoms with Crippen molar-refractivity contribution in [2.75, 3.05) is 11.9 Å². The Morgan fingerprint density at radius 1 is 1.12 bits per heavy atom. The predicted octanol–water partition coefficient (Wildman–Crippen LogP) is 4.37. The second kappa shape index (κ2) is 7.90. The fraction of sp³-hybridized carbons (Fsp3) is 0.158. The first-order valence-corrected chi connectivity index (χ1v) is 8.80. The number of hydrogen-bond acceptors (Lipinski definition) is 4. The molecule has 0 radical (unpaired) electrons. The molecule has 0 aliphatic rings. The molecule has 0 saturated carbocycles. The van der Waals surface area contributed by atoms with Crippen LogP contribution in [0.3, 0.4) is 0 Å². The summed E-state index contributed by atoms with van der Waals surface area (Å²) in [6.45, 7) is 2.15. The van der Waals surface area contributed by atoms with E-state index in [2.05, 4.69) is 15.6 Å². The van der Waals surface area contributed by atoms with Crippen LogP contribution in [0.4, 0.5) is 15.2 Å². The van der Waals surface area contributed by atoms with E-state index >= 15 is 0 Å². The molecule has 0 fully saturated rings. The third kappa shape index (κ3) is 4.87. The van der Waals surface area contributed by atoms with E-state index in [0.29, 0.717) is 6.54 Å². The summed E-state index contributed by atoms with van der Waals surface area (Å²) in [5, 5.41) is 8.71. The smallest absolute Gasteiger partial charge is 0.216 e. The summed E-state index contributed by atoms with van der Waals surface area (Å²) >= 11 is 1.50. The number of aromatic nitrogens is 1. The van der Waals surface area contributed by atoms with Crippen LogP contribution in [0.2, 0.25) is 0 Å². The Kier molecular flexibility index (Phi) is 5.40. The molecule has 0 spiro atoms. The van der Waals surface area contributed by atoms with Gasteiger partial charge in [-0.15, -0.1) is 11.3 Å². The summed E-state index contributed by atoms with van der Waals surface area (Å²) in [4.78, 5) is 15.5. The first kappa shape index (κ1) is 17.1. The molecule has 3 rings (SSSR count). The maximum Gasteiger partial charge on any atom is 0.216 e.